The summed E-state index contributed by atoms with van der Waals surface area (Å²) in [6.45, 7) is 2.90. The Kier molecular flexibility index (Phi) is 3.08. The van der Waals surface area contributed by atoms with E-state index in [1.165, 1.54) is 6.92 Å². The largest absolute Gasteiger partial charge is 0.354 e. The van der Waals surface area contributed by atoms with Gasteiger partial charge in [0.1, 0.15) is 0 Å². The lowest BCUT2D eigenvalue weighted by Crippen LogP contribution is -2.38. The smallest absolute Gasteiger partial charge is 0.216 e. The van der Waals surface area contributed by atoms with Crippen molar-refractivity contribution in [1.29, 1.82) is 0 Å². The molecule has 0 saturated carbocycles. The molecule has 1 saturated heterocycles. The lowest BCUT2D eigenvalue weighted by molar-refractivity contribution is -0.121. The summed E-state index contributed by atoms with van der Waals surface area (Å²) >= 11 is 0. The molecule has 0 aromatic heterocycles. The van der Waals surface area contributed by atoms with Gasteiger partial charge in [0.2, 0.25) is 12.3 Å². The van der Waals surface area contributed by atoms with Gasteiger partial charge < -0.3 is 10.2 Å². The molecule has 0 unspecified atom stereocenters. The summed E-state index contributed by atoms with van der Waals surface area (Å²) in [5, 5.41) is 2.71. The molecule has 0 bridgehead atoms. The van der Waals surface area contributed by atoms with Gasteiger partial charge in [0.25, 0.3) is 0 Å². The Hall–Kier alpha value is -1.06. The van der Waals surface area contributed by atoms with Gasteiger partial charge in [0.15, 0.2) is 0 Å². The van der Waals surface area contributed by atoms with Crippen LogP contribution in [-0.4, -0.2) is 36.3 Å². The van der Waals surface area contributed by atoms with Gasteiger partial charge in [-0.05, 0) is 12.8 Å². The second kappa shape index (κ2) is 4.09. The maximum Gasteiger partial charge on any atom is 0.216 e. The number of nitrogens with one attached hydrogen (secondary N) is 1. The summed E-state index contributed by atoms with van der Waals surface area (Å²) < 4.78 is 0. The Morgan fingerprint density at radius 3 is 3.08 bits per heavy atom. The molecule has 1 fully saturated rings. The lowest BCUT2D eigenvalue weighted by atomic mass is 10.2. The summed E-state index contributed by atoms with van der Waals surface area (Å²) in [6, 6.07) is 0.214. The fourth-order valence-electron chi connectivity index (χ4n) is 1.48. The molecule has 1 atom stereocenters. The van der Waals surface area contributed by atoms with Crippen LogP contribution in [-0.2, 0) is 9.59 Å². The van der Waals surface area contributed by atoms with Crippen molar-refractivity contribution >= 4 is 12.3 Å². The van der Waals surface area contributed by atoms with Gasteiger partial charge >= 0.3 is 0 Å². The molecule has 68 valence electrons. The van der Waals surface area contributed by atoms with E-state index < -0.39 is 0 Å². The monoisotopic (exact) mass is 170 g/mol. The zero-order valence-electron chi connectivity index (χ0n) is 7.25. The van der Waals surface area contributed by atoms with Gasteiger partial charge in [-0.25, -0.2) is 0 Å². The van der Waals surface area contributed by atoms with Crippen LogP contribution < -0.4 is 5.32 Å². The molecule has 0 spiro atoms. The molecule has 0 aromatic carbocycles. The maximum atomic E-state index is 10.6. The molecule has 0 aliphatic carbocycles. The van der Waals surface area contributed by atoms with Crippen LogP contribution in [0.5, 0.6) is 0 Å². The van der Waals surface area contributed by atoms with E-state index in [1.54, 1.807) is 4.90 Å². The molecule has 1 aliphatic rings. The Balaban J connectivity index is 2.30. The van der Waals surface area contributed by atoms with Gasteiger partial charge in [-0.3, -0.25) is 9.59 Å². The predicted molar refractivity (Wildman–Crippen MR) is 44.5 cm³/mol. The highest BCUT2D eigenvalue weighted by Gasteiger charge is 2.22. The van der Waals surface area contributed by atoms with E-state index >= 15 is 0 Å². The highest BCUT2D eigenvalue weighted by Crippen LogP contribution is 2.13. The first-order valence-electron chi connectivity index (χ1n) is 4.19. The summed E-state index contributed by atoms with van der Waals surface area (Å²) in [7, 11) is 0. The van der Waals surface area contributed by atoms with E-state index in [1.807, 2.05) is 0 Å². The molecule has 1 heterocycles. The predicted octanol–water partition coefficient (Wildman–Crippen LogP) is -0.257. The van der Waals surface area contributed by atoms with Crippen LogP contribution in [0, 0.1) is 0 Å². The van der Waals surface area contributed by atoms with Gasteiger partial charge in [-0.2, -0.15) is 0 Å². The highest BCUT2D eigenvalue weighted by molar-refractivity contribution is 5.72. The van der Waals surface area contributed by atoms with Crippen molar-refractivity contribution in [2.75, 3.05) is 13.1 Å². The van der Waals surface area contributed by atoms with E-state index in [2.05, 4.69) is 5.32 Å². The lowest BCUT2D eigenvalue weighted by Gasteiger charge is -2.19. The molecule has 2 amide bonds. The number of carbonyl (C=O) groups excluding carboxylic acids is 2. The maximum absolute atomic E-state index is 10.6. The topological polar surface area (TPSA) is 49.4 Å². The first-order valence-corrected chi connectivity index (χ1v) is 4.19. The number of likely N-dealkylation sites (tertiary alicyclic amines) is 1. The van der Waals surface area contributed by atoms with Crippen LogP contribution >= 0.6 is 0 Å². The van der Waals surface area contributed by atoms with Gasteiger partial charge in [-0.15, -0.1) is 0 Å². The third-order valence-corrected chi connectivity index (χ3v) is 2.14. The van der Waals surface area contributed by atoms with Crippen molar-refractivity contribution in [3.8, 4) is 0 Å². The van der Waals surface area contributed by atoms with Gasteiger partial charge in [0, 0.05) is 26.1 Å². The van der Waals surface area contributed by atoms with E-state index in [4.69, 9.17) is 0 Å². The van der Waals surface area contributed by atoms with Crippen molar-refractivity contribution in [2.45, 2.75) is 25.8 Å². The van der Waals surface area contributed by atoms with Crippen molar-refractivity contribution < 1.29 is 9.59 Å². The molecule has 1 rings (SSSR count). The van der Waals surface area contributed by atoms with Crippen LogP contribution in [0.1, 0.15) is 19.8 Å². The second-order valence-electron chi connectivity index (χ2n) is 3.08. The first-order chi connectivity index (χ1) is 5.74. The zero-order chi connectivity index (χ0) is 8.97. The Bertz CT molecular complexity index is 182. The summed E-state index contributed by atoms with van der Waals surface area (Å²) in [5.41, 5.74) is 0. The quantitative estimate of drug-likeness (QED) is 0.593. The summed E-state index contributed by atoms with van der Waals surface area (Å²) in [4.78, 5) is 22.8. The standard InChI is InChI=1S/C8H14N2O2/c1-7(12)9-5-8-3-2-4-10(8)6-11/h6,8H,2-5H2,1H3,(H,9,12)/t8-/m1/s1. The van der Waals surface area contributed by atoms with Crippen LogP contribution in [0.4, 0.5) is 0 Å². The van der Waals surface area contributed by atoms with Crippen molar-refractivity contribution in [1.82, 2.24) is 10.2 Å². The third-order valence-electron chi connectivity index (χ3n) is 2.14. The molecule has 12 heavy (non-hydrogen) atoms. The van der Waals surface area contributed by atoms with Crippen molar-refractivity contribution in [3.63, 3.8) is 0 Å². The van der Waals surface area contributed by atoms with E-state index in [0.717, 1.165) is 25.8 Å². The fraction of sp³-hybridized carbons (Fsp3) is 0.750. The molecular weight excluding hydrogens is 156 g/mol. The molecule has 4 nitrogen and oxygen atoms in total. The summed E-state index contributed by atoms with van der Waals surface area (Å²) in [5.74, 6) is -0.0345. The molecule has 1 aliphatic heterocycles. The number of rotatable bonds is 3. The second-order valence-corrected chi connectivity index (χ2v) is 3.08. The normalized spacial score (nSPS) is 22.4. The van der Waals surface area contributed by atoms with Crippen LogP contribution in [0.25, 0.3) is 0 Å². The van der Waals surface area contributed by atoms with Gasteiger partial charge in [-0.1, -0.05) is 0 Å². The Labute approximate surface area is 71.9 Å². The fourth-order valence-corrected chi connectivity index (χ4v) is 1.48. The van der Waals surface area contributed by atoms with Crippen molar-refractivity contribution in [3.05, 3.63) is 0 Å². The SMILES string of the molecule is CC(=O)NC[C@H]1CCCN1C=O. The number of carbonyl (C=O) groups is 2. The molecule has 1 N–H and O–H groups in total. The average molecular weight is 170 g/mol. The third kappa shape index (κ3) is 2.22. The average Bonchev–Trinajstić information content (AvgIpc) is 2.47. The molecule has 0 radical (unpaired) electrons. The first kappa shape index (κ1) is 9.03. The number of nitrogens with zero attached hydrogens (tertiary/aromatic N) is 1. The minimum Gasteiger partial charge on any atom is -0.354 e. The zero-order valence-corrected chi connectivity index (χ0v) is 7.25. The number of amides is 2. The molecule has 4 heteroatoms. The Morgan fingerprint density at radius 2 is 2.50 bits per heavy atom. The Morgan fingerprint density at radius 1 is 1.75 bits per heavy atom. The van der Waals surface area contributed by atoms with Crippen LogP contribution in [0.3, 0.4) is 0 Å². The van der Waals surface area contributed by atoms with Crippen LogP contribution in [0.2, 0.25) is 0 Å². The minimum atomic E-state index is -0.0345. The number of hydrogen-bond donors (Lipinski definition) is 1. The minimum absolute atomic E-state index is 0.0345. The van der Waals surface area contributed by atoms with E-state index in [0.29, 0.717) is 6.54 Å². The summed E-state index contributed by atoms with van der Waals surface area (Å²) in [6.07, 6.45) is 2.90. The molecule has 0 aromatic rings. The van der Waals surface area contributed by atoms with E-state index in [9.17, 15) is 9.59 Å². The number of hydrogen-bond acceptors (Lipinski definition) is 2. The highest BCUT2D eigenvalue weighted by atomic mass is 16.1. The van der Waals surface area contributed by atoms with Gasteiger partial charge in [0.05, 0.1) is 0 Å². The van der Waals surface area contributed by atoms with E-state index in [-0.39, 0.29) is 11.9 Å². The van der Waals surface area contributed by atoms with Crippen LogP contribution in [0.15, 0.2) is 0 Å². The van der Waals surface area contributed by atoms with Crippen molar-refractivity contribution in [2.24, 2.45) is 0 Å². The molecular formula is C8H14N2O2.